The predicted molar refractivity (Wildman–Crippen MR) is 58.7 cm³/mol. The van der Waals surface area contributed by atoms with E-state index in [0.29, 0.717) is 11.3 Å². The van der Waals surface area contributed by atoms with Crippen LogP contribution in [0.2, 0.25) is 0 Å². The van der Waals surface area contributed by atoms with Crippen molar-refractivity contribution < 1.29 is 19.1 Å². The molecule has 0 unspecified atom stereocenters. The lowest BCUT2D eigenvalue weighted by Gasteiger charge is -2.10. The lowest BCUT2D eigenvalue weighted by Crippen LogP contribution is -2.10. The molecular weight excluding hydrogens is 208 g/mol. The first-order valence-electron chi connectivity index (χ1n) is 4.96. The molecule has 0 fully saturated rings. The molecule has 0 spiro atoms. The van der Waals surface area contributed by atoms with Crippen LogP contribution in [0.15, 0.2) is 18.2 Å². The fourth-order valence-electron chi connectivity index (χ4n) is 1.29. The van der Waals surface area contributed by atoms with Gasteiger partial charge in [-0.2, -0.15) is 0 Å². The van der Waals surface area contributed by atoms with Crippen LogP contribution in [0, 0.1) is 6.92 Å². The van der Waals surface area contributed by atoms with Crippen LogP contribution in [0.3, 0.4) is 0 Å². The molecule has 0 atom stereocenters. The van der Waals surface area contributed by atoms with Crippen LogP contribution in [0.1, 0.15) is 22.8 Å². The van der Waals surface area contributed by atoms with E-state index >= 15 is 0 Å². The Morgan fingerprint density at radius 2 is 2.12 bits per heavy atom. The monoisotopic (exact) mass is 222 g/mol. The van der Waals surface area contributed by atoms with Gasteiger partial charge >= 0.3 is 5.97 Å². The minimum atomic E-state index is -0.344. The van der Waals surface area contributed by atoms with Crippen LogP contribution in [0.25, 0.3) is 0 Å². The summed E-state index contributed by atoms with van der Waals surface area (Å²) in [4.78, 5) is 21.3. The quantitative estimate of drug-likeness (QED) is 0.432. The van der Waals surface area contributed by atoms with Gasteiger partial charge in [0.1, 0.15) is 19.0 Å². The Kier molecular flexibility index (Phi) is 4.51. The maximum atomic E-state index is 10.8. The smallest absolute Gasteiger partial charge is 0.302 e. The Bertz CT molecular complexity index is 385. The summed E-state index contributed by atoms with van der Waals surface area (Å²) in [6, 6.07) is 5.33. The zero-order valence-electron chi connectivity index (χ0n) is 9.36. The van der Waals surface area contributed by atoms with E-state index in [1.807, 2.05) is 13.0 Å². The molecule has 0 N–H and O–H groups in total. The van der Waals surface area contributed by atoms with Gasteiger partial charge in [-0.1, -0.05) is 12.1 Å². The molecule has 1 rings (SSSR count). The molecule has 0 saturated carbocycles. The topological polar surface area (TPSA) is 52.6 Å². The second-order valence-electron chi connectivity index (χ2n) is 3.30. The van der Waals surface area contributed by atoms with E-state index in [1.54, 1.807) is 12.1 Å². The number of para-hydroxylation sites is 1. The molecule has 0 aromatic heterocycles. The van der Waals surface area contributed by atoms with Crippen molar-refractivity contribution in [2.45, 2.75) is 13.8 Å². The van der Waals surface area contributed by atoms with Gasteiger partial charge in [-0.15, -0.1) is 0 Å². The lowest BCUT2D eigenvalue weighted by atomic mass is 10.1. The summed E-state index contributed by atoms with van der Waals surface area (Å²) < 4.78 is 10.1. The third kappa shape index (κ3) is 3.38. The standard InChI is InChI=1S/C12H14O4/c1-9-4-3-5-11(8-13)12(9)16-7-6-15-10(2)14/h3-5,8H,6-7H2,1-2H3. The first-order valence-corrected chi connectivity index (χ1v) is 4.96. The van der Waals surface area contributed by atoms with Crippen LogP contribution in [0.4, 0.5) is 0 Å². The minimum Gasteiger partial charge on any atom is -0.489 e. The van der Waals surface area contributed by atoms with Crippen molar-refractivity contribution in [1.29, 1.82) is 0 Å². The third-order valence-electron chi connectivity index (χ3n) is 2.00. The molecule has 0 bridgehead atoms. The lowest BCUT2D eigenvalue weighted by molar-refractivity contribution is -0.141. The molecule has 1 aromatic rings. The van der Waals surface area contributed by atoms with Gasteiger partial charge in [0.15, 0.2) is 6.29 Å². The summed E-state index contributed by atoms with van der Waals surface area (Å²) in [5.74, 6) is 0.202. The van der Waals surface area contributed by atoms with Gasteiger partial charge < -0.3 is 9.47 Å². The summed E-state index contributed by atoms with van der Waals surface area (Å²) >= 11 is 0. The minimum absolute atomic E-state index is 0.183. The van der Waals surface area contributed by atoms with Crippen molar-refractivity contribution in [3.8, 4) is 5.75 Å². The number of carbonyl (C=O) groups excluding carboxylic acids is 2. The van der Waals surface area contributed by atoms with Crippen molar-refractivity contribution >= 4 is 12.3 Å². The van der Waals surface area contributed by atoms with Crippen molar-refractivity contribution in [3.63, 3.8) is 0 Å². The Morgan fingerprint density at radius 1 is 1.38 bits per heavy atom. The van der Waals surface area contributed by atoms with E-state index in [2.05, 4.69) is 0 Å². The molecule has 4 heteroatoms. The number of aryl methyl sites for hydroxylation is 1. The summed E-state index contributed by atoms with van der Waals surface area (Å²) in [7, 11) is 0. The first-order chi connectivity index (χ1) is 7.65. The van der Waals surface area contributed by atoms with Crippen molar-refractivity contribution in [2.75, 3.05) is 13.2 Å². The van der Waals surface area contributed by atoms with E-state index in [9.17, 15) is 9.59 Å². The van der Waals surface area contributed by atoms with Gasteiger partial charge in [0.05, 0.1) is 5.56 Å². The van der Waals surface area contributed by atoms with E-state index in [4.69, 9.17) is 9.47 Å². The predicted octanol–water partition coefficient (Wildman–Crippen LogP) is 1.75. The number of esters is 1. The average molecular weight is 222 g/mol. The van der Waals surface area contributed by atoms with Gasteiger partial charge in [0.2, 0.25) is 0 Å². The number of hydrogen-bond donors (Lipinski definition) is 0. The third-order valence-corrected chi connectivity index (χ3v) is 2.00. The van der Waals surface area contributed by atoms with E-state index in [0.717, 1.165) is 11.8 Å². The molecule has 0 amide bonds. The van der Waals surface area contributed by atoms with Crippen LogP contribution < -0.4 is 4.74 Å². The molecular formula is C12H14O4. The van der Waals surface area contributed by atoms with Gasteiger partial charge in [0, 0.05) is 6.92 Å². The second-order valence-corrected chi connectivity index (χ2v) is 3.30. The number of benzene rings is 1. The summed E-state index contributed by atoms with van der Waals surface area (Å²) in [6.45, 7) is 3.62. The van der Waals surface area contributed by atoms with Crippen LogP contribution in [-0.4, -0.2) is 25.5 Å². The molecule has 4 nitrogen and oxygen atoms in total. The van der Waals surface area contributed by atoms with Crippen LogP contribution in [-0.2, 0) is 9.53 Å². The molecule has 0 saturated heterocycles. The van der Waals surface area contributed by atoms with Crippen molar-refractivity contribution in [2.24, 2.45) is 0 Å². The highest BCUT2D eigenvalue weighted by Crippen LogP contribution is 2.21. The molecule has 0 aliphatic rings. The van der Waals surface area contributed by atoms with Crippen molar-refractivity contribution in [1.82, 2.24) is 0 Å². The number of carbonyl (C=O) groups is 2. The number of aldehydes is 1. The zero-order chi connectivity index (χ0) is 12.0. The Morgan fingerprint density at radius 3 is 2.75 bits per heavy atom. The van der Waals surface area contributed by atoms with Gasteiger partial charge in [0.25, 0.3) is 0 Å². The molecule has 1 aromatic carbocycles. The Balaban J connectivity index is 2.59. The van der Waals surface area contributed by atoms with Gasteiger partial charge in [-0.05, 0) is 18.6 Å². The van der Waals surface area contributed by atoms with Crippen LogP contribution >= 0.6 is 0 Å². The number of hydrogen-bond acceptors (Lipinski definition) is 4. The fourth-order valence-corrected chi connectivity index (χ4v) is 1.29. The Labute approximate surface area is 94.2 Å². The second kappa shape index (κ2) is 5.90. The highest BCUT2D eigenvalue weighted by atomic mass is 16.6. The summed E-state index contributed by atoms with van der Waals surface area (Å²) in [6.07, 6.45) is 0.744. The molecule has 0 aliphatic carbocycles. The SMILES string of the molecule is CC(=O)OCCOc1c(C)cccc1C=O. The van der Waals surface area contributed by atoms with Gasteiger partial charge in [-0.25, -0.2) is 0 Å². The Hall–Kier alpha value is -1.84. The zero-order valence-corrected chi connectivity index (χ0v) is 9.36. The van der Waals surface area contributed by atoms with Crippen LogP contribution in [0.5, 0.6) is 5.75 Å². The molecule has 16 heavy (non-hydrogen) atoms. The number of ether oxygens (including phenoxy) is 2. The molecule has 0 aliphatic heterocycles. The maximum Gasteiger partial charge on any atom is 0.302 e. The fraction of sp³-hybridized carbons (Fsp3) is 0.333. The van der Waals surface area contributed by atoms with E-state index in [1.165, 1.54) is 6.92 Å². The largest absolute Gasteiger partial charge is 0.489 e. The first kappa shape index (κ1) is 12.2. The summed E-state index contributed by atoms with van der Waals surface area (Å²) in [5.41, 5.74) is 1.38. The highest BCUT2D eigenvalue weighted by molar-refractivity contribution is 5.80. The van der Waals surface area contributed by atoms with E-state index in [-0.39, 0.29) is 19.2 Å². The normalized spacial score (nSPS) is 9.62. The average Bonchev–Trinajstić information content (AvgIpc) is 2.25. The van der Waals surface area contributed by atoms with Gasteiger partial charge in [-0.3, -0.25) is 9.59 Å². The maximum absolute atomic E-state index is 10.8. The molecule has 0 radical (unpaired) electrons. The van der Waals surface area contributed by atoms with E-state index < -0.39 is 0 Å². The summed E-state index contributed by atoms with van der Waals surface area (Å²) in [5, 5.41) is 0. The molecule has 0 heterocycles. The molecule has 86 valence electrons. The van der Waals surface area contributed by atoms with Crippen molar-refractivity contribution in [3.05, 3.63) is 29.3 Å². The highest BCUT2D eigenvalue weighted by Gasteiger charge is 2.05. The number of rotatable bonds is 5.